The fourth-order valence-electron chi connectivity index (χ4n) is 8.09. The molecule has 2 aromatic heterocycles. The number of aryl methyl sites for hydroxylation is 1. The van der Waals surface area contributed by atoms with Crippen LogP contribution in [0.5, 0.6) is 0 Å². The van der Waals surface area contributed by atoms with Gasteiger partial charge in [0.05, 0.1) is 22.9 Å². The first-order valence-electron chi connectivity index (χ1n) is 15.5. The zero-order valence-corrected chi connectivity index (χ0v) is 23.9. The third-order valence-corrected chi connectivity index (χ3v) is 10.9. The number of alkyl halides is 2. The predicted molar refractivity (Wildman–Crippen MR) is 161 cm³/mol. The summed E-state index contributed by atoms with van der Waals surface area (Å²) >= 11 is 0. The molecule has 2 bridgehead atoms. The van der Waals surface area contributed by atoms with E-state index in [1.54, 1.807) is 18.3 Å². The molecule has 4 saturated carbocycles. The SMILES string of the molecule is CC1(CCc2ncc(-c3ccc4c(c3)C(F)(F)c3cc(-c5ccc6nc(CC78CCC(C7)C8)[nH]c6c5)ccc3-4)[nH]2)CC1. The highest BCUT2D eigenvalue weighted by atomic mass is 19.3. The lowest BCUT2D eigenvalue weighted by Crippen LogP contribution is -2.30. The van der Waals surface area contributed by atoms with Crippen molar-refractivity contribution in [2.24, 2.45) is 16.7 Å². The number of aromatic nitrogens is 4. The minimum atomic E-state index is -3.08. The van der Waals surface area contributed by atoms with Crippen molar-refractivity contribution in [3.8, 4) is 33.5 Å². The maximum atomic E-state index is 16.0. The summed E-state index contributed by atoms with van der Waals surface area (Å²) in [6.07, 6.45) is 12.7. The van der Waals surface area contributed by atoms with Crippen molar-refractivity contribution in [2.45, 2.75) is 70.6 Å². The quantitative estimate of drug-likeness (QED) is 0.208. The van der Waals surface area contributed by atoms with Crippen LogP contribution in [-0.4, -0.2) is 19.9 Å². The molecule has 6 heteroatoms. The zero-order valence-electron chi connectivity index (χ0n) is 23.9. The maximum Gasteiger partial charge on any atom is 0.299 e. The Kier molecular flexibility index (Phi) is 4.95. The molecule has 10 rings (SSSR count). The Balaban J connectivity index is 0.997. The van der Waals surface area contributed by atoms with Crippen LogP contribution >= 0.6 is 0 Å². The molecule has 4 fully saturated rings. The summed E-state index contributed by atoms with van der Waals surface area (Å²) in [4.78, 5) is 16.3. The second-order valence-electron chi connectivity index (χ2n) is 14.1. The molecule has 4 nitrogen and oxygen atoms in total. The van der Waals surface area contributed by atoms with Crippen LogP contribution in [0.3, 0.4) is 0 Å². The molecular formula is C36H34F2N4. The monoisotopic (exact) mass is 560 g/mol. The zero-order chi connectivity index (χ0) is 28.3. The number of fused-ring (bicyclic) bond motifs is 5. The number of nitrogens with one attached hydrogen (secondary N) is 2. The van der Waals surface area contributed by atoms with E-state index in [1.807, 2.05) is 36.4 Å². The van der Waals surface area contributed by atoms with E-state index in [-0.39, 0.29) is 11.1 Å². The van der Waals surface area contributed by atoms with Gasteiger partial charge in [-0.05, 0) is 108 Å². The number of rotatable bonds is 7. The molecule has 5 aliphatic rings. The Morgan fingerprint density at radius 2 is 1.55 bits per heavy atom. The summed E-state index contributed by atoms with van der Waals surface area (Å²) in [6.45, 7) is 2.31. The molecule has 0 radical (unpaired) electrons. The van der Waals surface area contributed by atoms with Gasteiger partial charge in [0.1, 0.15) is 11.6 Å². The maximum absolute atomic E-state index is 16.0. The van der Waals surface area contributed by atoms with Crippen LogP contribution in [0.4, 0.5) is 8.78 Å². The second-order valence-corrected chi connectivity index (χ2v) is 14.1. The smallest absolute Gasteiger partial charge is 0.299 e. The molecule has 0 saturated heterocycles. The van der Waals surface area contributed by atoms with Crippen LogP contribution in [0.1, 0.15) is 74.6 Å². The highest BCUT2D eigenvalue weighted by Gasteiger charge is 2.50. The Labute approximate surface area is 244 Å². The average molecular weight is 561 g/mol. The van der Waals surface area contributed by atoms with Crippen molar-refractivity contribution < 1.29 is 8.78 Å². The Hall–Kier alpha value is -3.80. The van der Waals surface area contributed by atoms with E-state index in [0.717, 1.165) is 70.2 Å². The van der Waals surface area contributed by atoms with Crippen molar-refractivity contribution in [1.29, 1.82) is 0 Å². The largest absolute Gasteiger partial charge is 0.342 e. The van der Waals surface area contributed by atoms with Gasteiger partial charge in [0.2, 0.25) is 0 Å². The fraction of sp³-hybridized carbons (Fsp3) is 0.389. The van der Waals surface area contributed by atoms with Gasteiger partial charge >= 0.3 is 0 Å². The molecule has 0 amide bonds. The van der Waals surface area contributed by atoms with E-state index < -0.39 is 5.92 Å². The number of benzene rings is 3. The van der Waals surface area contributed by atoms with E-state index in [1.165, 1.54) is 38.5 Å². The molecule has 42 heavy (non-hydrogen) atoms. The average Bonchev–Trinajstić information content (AvgIpc) is 3.51. The standard InChI is InChI=1S/C36H34F2N4/c1-34(12-13-34)10-9-32-39-20-31(42-32)24-3-6-26-25-5-2-22(14-27(25)36(37,38)28(26)15-24)23-4-7-29-30(16-23)41-33(40-29)19-35-11-8-21(17-35)18-35/h2-7,14-16,20-21H,8-13,17-19H2,1H3,(H,39,42)(H,40,41). The van der Waals surface area contributed by atoms with Crippen LogP contribution in [0, 0.1) is 16.7 Å². The second kappa shape index (κ2) is 8.40. The molecule has 2 heterocycles. The van der Waals surface area contributed by atoms with Gasteiger partial charge in [-0.25, -0.2) is 9.97 Å². The molecule has 212 valence electrons. The fourth-order valence-corrected chi connectivity index (χ4v) is 8.09. The van der Waals surface area contributed by atoms with Crippen molar-refractivity contribution >= 4 is 11.0 Å². The third-order valence-electron chi connectivity index (χ3n) is 10.9. The van der Waals surface area contributed by atoms with Gasteiger partial charge in [0.25, 0.3) is 5.92 Å². The number of hydrogen-bond donors (Lipinski definition) is 2. The number of halogens is 2. The van der Waals surface area contributed by atoms with Gasteiger partial charge in [0, 0.05) is 29.5 Å². The van der Waals surface area contributed by atoms with Gasteiger partial charge in [-0.15, -0.1) is 0 Å². The molecule has 0 atom stereocenters. The van der Waals surface area contributed by atoms with Gasteiger partial charge in [-0.1, -0.05) is 37.3 Å². The van der Waals surface area contributed by atoms with E-state index >= 15 is 8.78 Å². The van der Waals surface area contributed by atoms with Crippen LogP contribution in [0.2, 0.25) is 0 Å². The van der Waals surface area contributed by atoms with E-state index in [9.17, 15) is 0 Å². The van der Waals surface area contributed by atoms with E-state index in [4.69, 9.17) is 4.98 Å². The molecule has 3 aromatic carbocycles. The first-order valence-corrected chi connectivity index (χ1v) is 15.5. The molecule has 0 aliphatic heterocycles. The predicted octanol–water partition coefficient (Wildman–Crippen LogP) is 9.21. The summed E-state index contributed by atoms with van der Waals surface area (Å²) in [6, 6.07) is 17.0. The van der Waals surface area contributed by atoms with Gasteiger partial charge < -0.3 is 9.97 Å². The summed E-state index contributed by atoms with van der Waals surface area (Å²) in [5, 5.41) is 0. The highest BCUT2D eigenvalue weighted by molar-refractivity contribution is 5.86. The Morgan fingerprint density at radius 3 is 2.29 bits per heavy atom. The summed E-state index contributed by atoms with van der Waals surface area (Å²) in [5.74, 6) is -0.169. The van der Waals surface area contributed by atoms with Gasteiger partial charge in [0.15, 0.2) is 0 Å². The normalized spacial score (nSPS) is 24.0. The lowest BCUT2D eigenvalue weighted by atomic mass is 9.67. The van der Waals surface area contributed by atoms with Crippen molar-refractivity contribution in [3.63, 3.8) is 0 Å². The Morgan fingerprint density at radius 1 is 0.833 bits per heavy atom. The van der Waals surface area contributed by atoms with Crippen molar-refractivity contribution in [1.82, 2.24) is 19.9 Å². The third kappa shape index (κ3) is 3.83. The van der Waals surface area contributed by atoms with E-state index in [2.05, 4.69) is 27.9 Å². The number of imidazole rings is 2. The van der Waals surface area contributed by atoms with Crippen LogP contribution < -0.4 is 0 Å². The topological polar surface area (TPSA) is 57.4 Å². The minimum absolute atomic E-state index is 0.0620. The highest BCUT2D eigenvalue weighted by Crippen LogP contribution is 2.60. The lowest BCUT2D eigenvalue weighted by Gasteiger charge is -2.37. The molecular weight excluding hydrogens is 526 g/mol. The van der Waals surface area contributed by atoms with Crippen LogP contribution in [0.25, 0.3) is 44.5 Å². The molecule has 0 spiro atoms. The van der Waals surface area contributed by atoms with Crippen LogP contribution in [-0.2, 0) is 18.8 Å². The number of hydrogen-bond acceptors (Lipinski definition) is 2. The van der Waals surface area contributed by atoms with Crippen molar-refractivity contribution in [3.05, 3.63) is 83.6 Å². The molecule has 5 aromatic rings. The molecule has 0 unspecified atom stereocenters. The van der Waals surface area contributed by atoms with E-state index in [0.29, 0.717) is 22.0 Å². The molecule has 5 aliphatic carbocycles. The van der Waals surface area contributed by atoms with Crippen LogP contribution in [0.15, 0.2) is 60.8 Å². The first kappa shape index (κ1) is 24.8. The number of nitrogens with zero attached hydrogens (tertiary/aromatic N) is 2. The summed E-state index contributed by atoms with van der Waals surface area (Å²) < 4.78 is 32.1. The number of aromatic amines is 2. The summed E-state index contributed by atoms with van der Waals surface area (Å²) in [5.41, 5.74) is 7.40. The van der Waals surface area contributed by atoms with Gasteiger partial charge in [-0.2, -0.15) is 8.78 Å². The summed E-state index contributed by atoms with van der Waals surface area (Å²) in [7, 11) is 0. The number of H-pyrrole nitrogens is 2. The lowest BCUT2D eigenvalue weighted by molar-refractivity contribution is 0.0481. The first-order chi connectivity index (χ1) is 20.3. The Bertz CT molecular complexity index is 1880. The van der Waals surface area contributed by atoms with Gasteiger partial charge in [-0.3, -0.25) is 0 Å². The van der Waals surface area contributed by atoms with Crippen molar-refractivity contribution in [2.75, 3.05) is 0 Å². The molecule has 2 N–H and O–H groups in total. The minimum Gasteiger partial charge on any atom is -0.342 e.